The van der Waals surface area contributed by atoms with Crippen molar-refractivity contribution in [3.63, 3.8) is 0 Å². The van der Waals surface area contributed by atoms with Crippen molar-refractivity contribution in [1.82, 2.24) is 9.97 Å². The van der Waals surface area contributed by atoms with Crippen molar-refractivity contribution in [2.24, 2.45) is 0 Å². The molecule has 0 bridgehead atoms. The van der Waals surface area contributed by atoms with Crippen LogP contribution in [-0.4, -0.2) is 15.7 Å². The molecule has 0 unspecified atom stereocenters. The van der Waals surface area contributed by atoms with Crippen LogP contribution in [0.25, 0.3) is 0 Å². The van der Waals surface area contributed by atoms with Gasteiger partial charge in [0, 0.05) is 20.9 Å². The molecule has 0 aliphatic carbocycles. The van der Waals surface area contributed by atoms with E-state index in [-0.39, 0.29) is 0 Å². The Morgan fingerprint density at radius 2 is 1.83 bits per heavy atom. The molecule has 0 amide bonds. The van der Waals surface area contributed by atoms with Crippen molar-refractivity contribution >= 4 is 46.0 Å². The molecule has 0 radical (unpaired) electrons. The zero-order valence-electron chi connectivity index (χ0n) is 8.98. The van der Waals surface area contributed by atoms with E-state index in [0.717, 1.165) is 3.57 Å². The molecule has 2 rings (SSSR count). The second kappa shape index (κ2) is 6.28. The number of alkyl halides is 2. The van der Waals surface area contributed by atoms with Gasteiger partial charge in [-0.05, 0) is 34.7 Å². The molecule has 0 spiro atoms. The maximum Gasteiger partial charge on any atom is 0.288 e. The molecular weight excluding hydrogens is 371 g/mol. The Morgan fingerprint density at radius 1 is 1.17 bits per heavy atom. The van der Waals surface area contributed by atoms with Crippen LogP contribution < -0.4 is 5.32 Å². The lowest BCUT2D eigenvalue weighted by Crippen LogP contribution is -1.98. The molecule has 94 valence electrons. The topological polar surface area (TPSA) is 37.8 Å². The van der Waals surface area contributed by atoms with Crippen LogP contribution in [0.4, 0.5) is 20.4 Å². The molecule has 1 aromatic heterocycles. The summed E-state index contributed by atoms with van der Waals surface area (Å²) >= 11 is 2.59. The summed E-state index contributed by atoms with van der Waals surface area (Å²) in [5.41, 5.74) is 0.573. The number of para-hydroxylation sites is 1. The number of anilines is 2. The minimum absolute atomic E-state index is 0.387. The molecule has 1 heterocycles. The number of thioether (sulfide) groups is 1. The molecule has 0 fully saturated rings. The third kappa shape index (κ3) is 3.77. The number of benzene rings is 1. The van der Waals surface area contributed by atoms with Crippen LogP contribution in [0.5, 0.6) is 0 Å². The van der Waals surface area contributed by atoms with Gasteiger partial charge < -0.3 is 5.32 Å². The predicted molar refractivity (Wildman–Crippen MR) is 76.3 cm³/mol. The zero-order chi connectivity index (χ0) is 13.0. The number of nitrogens with one attached hydrogen (secondary N) is 1. The van der Waals surface area contributed by atoms with Crippen LogP contribution in [0.1, 0.15) is 0 Å². The van der Waals surface area contributed by atoms with Gasteiger partial charge >= 0.3 is 0 Å². The zero-order valence-corrected chi connectivity index (χ0v) is 12.0. The number of rotatable bonds is 4. The summed E-state index contributed by atoms with van der Waals surface area (Å²) < 4.78 is 25.7. The molecule has 7 heteroatoms. The summed E-state index contributed by atoms with van der Waals surface area (Å²) in [7, 11) is 0. The van der Waals surface area contributed by atoms with E-state index in [2.05, 4.69) is 37.9 Å². The smallest absolute Gasteiger partial charge is 0.288 e. The SMILES string of the molecule is FC(F)Sc1ccccc1Nc1ncc(I)cn1. The van der Waals surface area contributed by atoms with Gasteiger partial charge in [-0.1, -0.05) is 23.9 Å². The number of aromatic nitrogens is 2. The van der Waals surface area contributed by atoms with Crippen LogP contribution in [0.15, 0.2) is 41.6 Å². The molecule has 0 saturated carbocycles. The fourth-order valence-electron chi connectivity index (χ4n) is 1.27. The first-order chi connectivity index (χ1) is 8.65. The fraction of sp³-hybridized carbons (Fsp3) is 0.0909. The Hall–Kier alpha value is -0.960. The van der Waals surface area contributed by atoms with Gasteiger partial charge in [0.25, 0.3) is 5.76 Å². The summed E-state index contributed by atoms with van der Waals surface area (Å²) in [6.07, 6.45) is 3.30. The van der Waals surface area contributed by atoms with Crippen molar-refractivity contribution < 1.29 is 8.78 Å². The standard InChI is InChI=1S/C11H8F2IN3S/c12-10(13)18-9-4-2-1-3-8(9)17-11-15-5-7(14)6-16-11/h1-6,10H,(H,15,16,17). The second-order valence-electron chi connectivity index (χ2n) is 3.22. The van der Waals surface area contributed by atoms with Crippen LogP contribution in [-0.2, 0) is 0 Å². The summed E-state index contributed by atoms with van der Waals surface area (Å²) in [6.45, 7) is 0. The Labute approximate surface area is 121 Å². The van der Waals surface area contributed by atoms with E-state index in [0.29, 0.717) is 28.3 Å². The summed E-state index contributed by atoms with van der Waals surface area (Å²) in [5, 5.41) is 2.93. The van der Waals surface area contributed by atoms with Gasteiger partial charge in [-0.2, -0.15) is 8.78 Å². The third-order valence-electron chi connectivity index (χ3n) is 1.97. The molecule has 0 atom stereocenters. The predicted octanol–water partition coefficient (Wildman–Crippen LogP) is 4.14. The molecule has 1 aromatic carbocycles. The van der Waals surface area contributed by atoms with Gasteiger partial charge in [0.1, 0.15) is 0 Å². The molecule has 3 nitrogen and oxygen atoms in total. The highest BCUT2D eigenvalue weighted by Crippen LogP contribution is 2.32. The maximum absolute atomic E-state index is 12.4. The van der Waals surface area contributed by atoms with Gasteiger partial charge in [0.05, 0.1) is 5.69 Å². The quantitative estimate of drug-likeness (QED) is 0.640. The molecule has 2 aromatic rings. The first kappa shape index (κ1) is 13.5. The molecule has 0 aliphatic rings. The lowest BCUT2D eigenvalue weighted by Gasteiger charge is -2.09. The summed E-state index contributed by atoms with van der Waals surface area (Å²) in [6, 6.07) is 6.83. The monoisotopic (exact) mass is 379 g/mol. The average molecular weight is 379 g/mol. The average Bonchev–Trinajstić information content (AvgIpc) is 2.34. The van der Waals surface area contributed by atoms with Gasteiger partial charge in [0.15, 0.2) is 0 Å². The van der Waals surface area contributed by atoms with Crippen molar-refractivity contribution in [3.05, 3.63) is 40.2 Å². The fourth-order valence-corrected chi connectivity index (χ4v) is 2.14. The third-order valence-corrected chi connectivity index (χ3v) is 3.32. The minimum Gasteiger partial charge on any atom is -0.323 e. The highest BCUT2D eigenvalue weighted by atomic mass is 127. The van der Waals surface area contributed by atoms with Crippen LogP contribution in [0.3, 0.4) is 0 Å². The molecule has 0 aliphatic heterocycles. The van der Waals surface area contributed by atoms with Crippen molar-refractivity contribution in [3.8, 4) is 0 Å². The van der Waals surface area contributed by atoms with Crippen LogP contribution in [0.2, 0.25) is 0 Å². The van der Waals surface area contributed by atoms with Crippen LogP contribution >= 0.6 is 34.4 Å². The van der Waals surface area contributed by atoms with Gasteiger partial charge in [0.2, 0.25) is 5.95 Å². The number of halogens is 3. The highest BCUT2D eigenvalue weighted by molar-refractivity contribution is 14.1. The highest BCUT2D eigenvalue weighted by Gasteiger charge is 2.10. The van der Waals surface area contributed by atoms with E-state index in [1.807, 2.05) is 0 Å². The Kier molecular flexibility index (Phi) is 4.70. The Bertz CT molecular complexity index is 522. The second-order valence-corrected chi connectivity index (χ2v) is 5.50. The van der Waals surface area contributed by atoms with E-state index >= 15 is 0 Å². The molecule has 0 saturated heterocycles. The summed E-state index contributed by atoms with van der Waals surface area (Å²) in [5.74, 6) is -2.07. The normalized spacial score (nSPS) is 10.7. The number of hydrogen-bond acceptors (Lipinski definition) is 4. The van der Waals surface area contributed by atoms with E-state index in [1.165, 1.54) is 0 Å². The van der Waals surface area contributed by atoms with E-state index in [9.17, 15) is 8.78 Å². The number of hydrogen-bond donors (Lipinski definition) is 1. The Balaban J connectivity index is 2.20. The van der Waals surface area contributed by atoms with Gasteiger partial charge in [-0.15, -0.1) is 0 Å². The van der Waals surface area contributed by atoms with Crippen molar-refractivity contribution in [2.45, 2.75) is 10.7 Å². The first-order valence-corrected chi connectivity index (χ1v) is 6.89. The van der Waals surface area contributed by atoms with Crippen molar-refractivity contribution in [1.29, 1.82) is 0 Å². The minimum atomic E-state index is -2.45. The van der Waals surface area contributed by atoms with Gasteiger partial charge in [-0.3, -0.25) is 0 Å². The summed E-state index contributed by atoms with van der Waals surface area (Å²) in [4.78, 5) is 8.60. The van der Waals surface area contributed by atoms with Crippen LogP contribution in [0, 0.1) is 3.57 Å². The molecule has 18 heavy (non-hydrogen) atoms. The van der Waals surface area contributed by atoms with E-state index in [4.69, 9.17) is 0 Å². The lowest BCUT2D eigenvalue weighted by molar-refractivity contribution is 0.252. The van der Waals surface area contributed by atoms with E-state index < -0.39 is 5.76 Å². The lowest BCUT2D eigenvalue weighted by atomic mass is 10.3. The Morgan fingerprint density at radius 3 is 2.50 bits per heavy atom. The molecular formula is C11H8F2IN3S. The van der Waals surface area contributed by atoms with Crippen molar-refractivity contribution in [2.75, 3.05) is 5.32 Å². The maximum atomic E-state index is 12.4. The first-order valence-electron chi connectivity index (χ1n) is 4.93. The van der Waals surface area contributed by atoms with Gasteiger partial charge in [-0.25, -0.2) is 9.97 Å². The van der Waals surface area contributed by atoms with E-state index in [1.54, 1.807) is 36.7 Å². The molecule has 1 N–H and O–H groups in total. The number of nitrogens with zero attached hydrogens (tertiary/aromatic N) is 2. The largest absolute Gasteiger partial charge is 0.323 e.